The van der Waals surface area contributed by atoms with E-state index in [4.69, 9.17) is 0 Å². The maximum atomic E-state index is 13.4. The predicted octanol–water partition coefficient (Wildman–Crippen LogP) is 3.13. The molecule has 0 unspecified atom stereocenters. The van der Waals surface area contributed by atoms with Gasteiger partial charge in [0, 0.05) is 37.9 Å². The highest BCUT2D eigenvalue weighted by molar-refractivity contribution is 5.63. The third kappa shape index (κ3) is 3.42. The van der Waals surface area contributed by atoms with Crippen molar-refractivity contribution in [2.24, 2.45) is 7.05 Å². The van der Waals surface area contributed by atoms with Crippen LogP contribution in [0.25, 0.3) is 0 Å². The van der Waals surface area contributed by atoms with Crippen LogP contribution in [0, 0.1) is 12.7 Å². The van der Waals surface area contributed by atoms with E-state index in [2.05, 4.69) is 24.3 Å². The second kappa shape index (κ2) is 6.26. The lowest BCUT2D eigenvalue weighted by atomic mass is 10.2. The van der Waals surface area contributed by atoms with Gasteiger partial charge in [-0.15, -0.1) is 0 Å². The van der Waals surface area contributed by atoms with Crippen LogP contribution in [-0.4, -0.2) is 22.9 Å². The highest BCUT2D eigenvalue weighted by Crippen LogP contribution is 2.29. The van der Waals surface area contributed by atoms with Crippen LogP contribution in [0.5, 0.6) is 0 Å². The second-order valence-corrected chi connectivity index (χ2v) is 5.59. The number of nitrogens with zero attached hydrogens (tertiary/aromatic N) is 3. The second-order valence-electron chi connectivity index (χ2n) is 5.59. The van der Waals surface area contributed by atoms with Gasteiger partial charge in [-0.3, -0.25) is 4.68 Å². The van der Waals surface area contributed by atoms with E-state index in [1.54, 1.807) is 6.07 Å². The van der Waals surface area contributed by atoms with Gasteiger partial charge in [-0.25, -0.2) is 4.39 Å². The van der Waals surface area contributed by atoms with E-state index < -0.39 is 0 Å². The van der Waals surface area contributed by atoms with Crippen molar-refractivity contribution in [3.8, 4) is 0 Å². The van der Waals surface area contributed by atoms with Crippen LogP contribution >= 0.6 is 0 Å². The lowest BCUT2D eigenvalue weighted by molar-refractivity contribution is 0.587. The molecular weight excluding hydrogens is 267 g/mol. The van der Waals surface area contributed by atoms with Crippen LogP contribution in [0.2, 0.25) is 0 Å². The van der Waals surface area contributed by atoms with Crippen LogP contribution in [0.4, 0.5) is 15.9 Å². The summed E-state index contributed by atoms with van der Waals surface area (Å²) in [5, 5.41) is 7.92. The monoisotopic (exact) mass is 290 g/mol. The lowest BCUT2D eigenvalue weighted by Gasteiger charge is -2.22. The highest BCUT2D eigenvalue weighted by atomic mass is 19.1. The van der Waals surface area contributed by atoms with Gasteiger partial charge < -0.3 is 10.2 Å². The van der Waals surface area contributed by atoms with Crippen molar-refractivity contribution in [3.05, 3.63) is 41.3 Å². The van der Waals surface area contributed by atoms with Crippen LogP contribution in [0.1, 0.15) is 25.1 Å². The summed E-state index contributed by atoms with van der Waals surface area (Å²) in [6.45, 7) is 6.97. The van der Waals surface area contributed by atoms with Gasteiger partial charge in [0.25, 0.3) is 0 Å². The van der Waals surface area contributed by atoms with Crippen molar-refractivity contribution in [2.45, 2.75) is 33.4 Å². The fourth-order valence-corrected chi connectivity index (χ4v) is 2.43. The van der Waals surface area contributed by atoms with E-state index in [0.29, 0.717) is 6.04 Å². The average Bonchev–Trinajstić information content (AvgIpc) is 2.69. The Kier molecular flexibility index (Phi) is 4.63. The highest BCUT2D eigenvalue weighted by Gasteiger charge is 2.18. The third-order valence-electron chi connectivity index (χ3n) is 3.51. The van der Waals surface area contributed by atoms with Gasteiger partial charge in [-0.1, -0.05) is 19.9 Å². The van der Waals surface area contributed by atoms with Crippen molar-refractivity contribution in [1.82, 2.24) is 15.1 Å². The molecule has 0 saturated carbocycles. The van der Waals surface area contributed by atoms with Gasteiger partial charge in [0.15, 0.2) is 0 Å². The van der Waals surface area contributed by atoms with Crippen molar-refractivity contribution < 1.29 is 4.39 Å². The van der Waals surface area contributed by atoms with E-state index in [9.17, 15) is 4.39 Å². The minimum absolute atomic E-state index is 0.236. The number of aryl methyl sites for hydroxylation is 2. The molecule has 1 N–H and O–H groups in total. The Morgan fingerprint density at radius 3 is 2.71 bits per heavy atom. The molecule has 0 atom stereocenters. The van der Waals surface area contributed by atoms with Gasteiger partial charge in [0.2, 0.25) is 0 Å². The Bertz CT molecular complexity index is 619. The third-order valence-corrected chi connectivity index (χ3v) is 3.51. The van der Waals surface area contributed by atoms with E-state index in [1.807, 2.05) is 36.7 Å². The Balaban J connectivity index is 2.38. The van der Waals surface area contributed by atoms with E-state index >= 15 is 0 Å². The molecule has 2 rings (SSSR count). The molecule has 21 heavy (non-hydrogen) atoms. The topological polar surface area (TPSA) is 33.1 Å². The molecule has 0 fully saturated rings. The minimum Gasteiger partial charge on any atom is -0.329 e. The molecule has 0 aliphatic carbocycles. The normalized spacial score (nSPS) is 11.2. The van der Waals surface area contributed by atoms with Crippen molar-refractivity contribution in [3.63, 3.8) is 0 Å². The molecule has 4 nitrogen and oxygen atoms in total. The first kappa shape index (κ1) is 15.5. The molecule has 1 aromatic carbocycles. The minimum atomic E-state index is -0.236. The van der Waals surface area contributed by atoms with Crippen molar-refractivity contribution in [2.75, 3.05) is 11.9 Å². The zero-order chi connectivity index (χ0) is 15.6. The summed E-state index contributed by atoms with van der Waals surface area (Å²) in [6.07, 6.45) is 0. The van der Waals surface area contributed by atoms with Gasteiger partial charge in [-0.2, -0.15) is 5.10 Å². The molecule has 2 aromatic rings. The van der Waals surface area contributed by atoms with Gasteiger partial charge in [-0.05, 0) is 25.1 Å². The number of halogens is 1. The van der Waals surface area contributed by atoms with Crippen LogP contribution in [-0.2, 0) is 13.6 Å². The van der Waals surface area contributed by atoms with E-state index in [0.717, 1.165) is 29.3 Å². The molecule has 0 aliphatic heterocycles. The summed E-state index contributed by atoms with van der Waals surface area (Å²) in [5.74, 6) is 0.742. The average molecular weight is 290 g/mol. The SMILES string of the molecule is Cc1nn(C)c(N(C)c2cccc(F)c2)c1CNC(C)C. The molecule has 0 spiro atoms. The zero-order valence-electron chi connectivity index (χ0n) is 13.3. The van der Waals surface area contributed by atoms with Crippen LogP contribution < -0.4 is 10.2 Å². The largest absolute Gasteiger partial charge is 0.329 e. The number of aromatic nitrogens is 2. The number of nitrogens with one attached hydrogen (secondary N) is 1. The number of hydrogen-bond acceptors (Lipinski definition) is 3. The summed E-state index contributed by atoms with van der Waals surface area (Å²) in [7, 11) is 3.85. The fourth-order valence-electron chi connectivity index (χ4n) is 2.43. The molecule has 5 heteroatoms. The Morgan fingerprint density at radius 2 is 2.10 bits per heavy atom. The molecule has 1 heterocycles. The maximum absolute atomic E-state index is 13.4. The number of anilines is 2. The summed E-state index contributed by atoms with van der Waals surface area (Å²) in [6, 6.07) is 6.99. The van der Waals surface area contributed by atoms with E-state index in [-0.39, 0.29) is 5.82 Å². The summed E-state index contributed by atoms with van der Waals surface area (Å²) >= 11 is 0. The predicted molar refractivity (Wildman–Crippen MR) is 84.4 cm³/mol. The quantitative estimate of drug-likeness (QED) is 0.918. The van der Waals surface area contributed by atoms with E-state index in [1.165, 1.54) is 12.1 Å². The summed E-state index contributed by atoms with van der Waals surface area (Å²) in [5.41, 5.74) is 2.94. The van der Waals surface area contributed by atoms with Crippen molar-refractivity contribution >= 4 is 11.5 Å². The van der Waals surface area contributed by atoms with Gasteiger partial charge >= 0.3 is 0 Å². The molecule has 1 aromatic heterocycles. The molecule has 0 saturated heterocycles. The molecule has 0 amide bonds. The molecule has 114 valence electrons. The van der Waals surface area contributed by atoms with Crippen molar-refractivity contribution in [1.29, 1.82) is 0 Å². The first-order valence-electron chi connectivity index (χ1n) is 7.15. The number of benzene rings is 1. The Morgan fingerprint density at radius 1 is 1.38 bits per heavy atom. The molecule has 0 bridgehead atoms. The van der Waals surface area contributed by atoms with Crippen LogP contribution in [0.3, 0.4) is 0 Å². The number of hydrogen-bond donors (Lipinski definition) is 1. The maximum Gasteiger partial charge on any atom is 0.135 e. The Labute approximate surface area is 125 Å². The lowest BCUT2D eigenvalue weighted by Crippen LogP contribution is -2.24. The summed E-state index contributed by atoms with van der Waals surface area (Å²) in [4.78, 5) is 1.97. The number of rotatable bonds is 5. The molecule has 0 aliphatic rings. The Hall–Kier alpha value is -1.88. The molecule has 0 radical (unpaired) electrons. The van der Waals surface area contributed by atoms with Crippen LogP contribution in [0.15, 0.2) is 24.3 Å². The smallest absolute Gasteiger partial charge is 0.135 e. The first-order valence-corrected chi connectivity index (χ1v) is 7.15. The fraction of sp³-hybridized carbons (Fsp3) is 0.438. The standard InChI is InChI=1S/C16H23FN4/c1-11(2)18-10-15-12(3)19-21(5)16(15)20(4)14-8-6-7-13(17)9-14/h6-9,11,18H,10H2,1-5H3. The molecular formula is C16H23FN4. The zero-order valence-corrected chi connectivity index (χ0v) is 13.3. The van der Waals surface area contributed by atoms with Gasteiger partial charge in [0.1, 0.15) is 11.6 Å². The van der Waals surface area contributed by atoms with Gasteiger partial charge in [0.05, 0.1) is 5.69 Å². The summed E-state index contributed by atoms with van der Waals surface area (Å²) < 4.78 is 15.3. The first-order chi connectivity index (χ1) is 9.90.